The maximum atomic E-state index is 5.66. The molecule has 0 aliphatic heterocycles. The summed E-state index contributed by atoms with van der Waals surface area (Å²) in [6.45, 7) is 7.08. The van der Waals surface area contributed by atoms with Crippen LogP contribution in [0.4, 0.5) is 0 Å². The van der Waals surface area contributed by atoms with E-state index in [2.05, 4.69) is 61.6 Å². The predicted molar refractivity (Wildman–Crippen MR) is 90.7 cm³/mol. The minimum atomic E-state index is 0.381. The van der Waals surface area contributed by atoms with E-state index in [4.69, 9.17) is 4.74 Å². The lowest BCUT2D eigenvalue weighted by atomic mass is 10.00. The lowest BCUT2D eigenvalue weighted by Crippen LogP contribution is -2.23. The molecule has 0 aliphatic rings. The highest BCUT2D eigenvalue weighted by Gasteiger charge is 2.11. The Morgan fingerprint density at radius 2 is 1.76 bits per heavy atom. The van der Waals surface area contributed by atoms with Crippen molar-refractivity contribution in [2.45, 2.75) is 39.2 Å². The maximum Gasteiger partial charge on any atom is 0.0484 e. The van der Waals surface area contributed by atoms with Crippen LogP contribution in [0.25, 0.3) is 10.8 Å². The van der Waals surface area contributed by atoms with Gasteiger partial charge in [0.25, 0.3) is 0 Å². The average molecular weight is 285 g/mol. The molecule has 0 saturated heterocycles. The number of benzene rings is 2. The Labute approximate surface area is 128 Å². The summed E-state index contributed by atoms with van der Waals surface area (Å²) in [4.78, 5) is 0. The Balaban J connectivity index is 2.08. The Morgan fingerprint density at radius 3 is 2.52 bits per heavy atom. The number of ether oxygens (including phenoxy) is 1. The van der Waals surface area contributed by atoms with Crippen LogP contribution >= 0.6 is 0 Å². The zero-order valence-corrected chi connectivity index (χ0v) is 13.3. The fourth-order valence-corrected chi connectivity index (χ4v) is 2.58. The third kappa shape index (κ3) is 4.83. The van der Waals surface area contributed by atoms with E-state index in [0.717, 1.165) is 39.0 Å². The zero-order chi connectivity index (χ0) is 14.9. The highest BCUT2D eigenvalue weighted by Crippen LogP contribution is 2.22. The first kappa shape index (κ1) is 16.0. The van der Waals surface area contributed by atoms with Gasteiger partial charge in [0.15, 0.2) is 0 Å². The largest absolute Gasteiger partial charge is 0.381 e. The molecular weight excluding hydrogens is 258 g/mol. The van der Waals surface area contributed by atoms with Gasteiger partial charge in [-0.25, -0.2) is 0 Å². The van der Waals surface area contributed by atoms with Crippen molar-refractivity contribution in [2.24, 2.45) is 0 Å². The minimum absolute atomic E-state index is 0.381. The molecule has 1 unspecified atom stereocenters. The van der Waals surface area contributed by atoms with E-state index in [-0.39, 0.29) is 0 Å². The first-order valence-corrected chi connectivity index (χ1v) is 8.15. The van der Waals surface area contributed by atoms with E-state index in [0.29, 0.717) is 6.04 Å². The molecule has 0 aliphatic carbocycles. The second-order valence-corrected chi connectivity index (χ2v) is 5.51. The summed E-state index contributed by atoms with van der Waals surface area (Å²) in [5, 5.41) is 6.26. The van der Waals surface area contributed by atoms with Gasteiger partial charge in [-0.3, -0.25) is 0 Å². The van der Waals surface area contributed by atoms with Crippen molar-refractivity contribution in [3.63, 3.8) is 0 Å². The lowest BCUT2D eigenvalue weighted by molar-refractivity contribution is 0.124. The molecule has 2 aromatic rings. The van der Waals surface area contributed by atoms with Gasteiger partial charge >= 0.3 is 0 Å². The fourth-order valence-electron chi connectivity index (χ4n) is 2.58. The smallest absolute Gasteiger partial charge is 0.0484 e. The van der Waals surface area contributed by atoms with Crippen LogP contribution in [0.5, 0.6) is 0 Å². The third-order valence-electron chi connectivity index (χ3n) is 3.72. The Hall–Kier alpha value is -1.38. The van der Waals surface area contributed by atoms with Crippen molar-refractivity contribution in [3.05, 3.63) is 48.0 Å². The molecule has 0 bridgehead atoms. The molecule has 0 spiro atoms. The number of hydrogen-bond acceptors (Lipinski definition) is 2. The van der Waals surface area contributed by atoms with Gasteiger partial charge in [-0.2, -0.15) is 0 Å². The highest BCUT2D eigenvalue weighted by molar-refractivity contribution is 5.83. The quantitative estimate of drug-likeness (QED) is 0.674. The van der Waals surface area contributed by atoms with Crippen molar-refractivity contribution in [3.8, 4) is 0 Å². The molecule has 2 rings (SSSR count). The van der Waals surface area contributed by atoms with Crippen LogP contribution in [0.2, 0.25) is 0 Å². The number of hydrogen-bond donors (Lipinski definition) is 1. The van der Waals surface area contributed by atoms with Crippen molar-refractivity contribution < 1.29 is 4.74 Å². The van der Waals surface area contributed by atoms with Crippen LogP contribution in [0, 0.1) is 0 Å². The molecule has 1 atom stereocenters. The standard InChI is InChI=1S/C19H27NO/c1-3-12-20-19(11-14-21-13-4-2)18-10-9-16-7-5-6-8-17(16)15-18/h5-10,15,19-20H,3-4,11-14H2,1-2H3. The van der Waals surface area contributed by atoms with Gasteiger partial charge in [0.2, 0.25) is 0 Å². The molecule has 1 N–H and O–H groups in total. The average Bonchev–Trinajstić information content (AvgIpc) is 2.54. The van der Waals surface area contributed by atoms with Crippen LogP contribution in [0.1, 0.15) is 44.7 Å². The molecule has 0 heterocycles. The van der Waals surface area contributed by atoms with Crippen LogP contribution in [-0.4, -0.2) is 19.8 Å². The summed E-state index contributed by atoms with van der Waals surface area (Å²) in [5.74, 6) is 0. The number of fused-ring (bicyclic) bond motifs is 1. The normalized spacial score (nSPS) is 12.7. The second kappa shape index (κ2) is 8.81. The van der Waals surface area contributed by atoms with E-state index in [1.807, 2.05) is 0 Å². The molecule has 0 aromatic heterocycles. The van der Waals surface area contributed by atoms with Gasteiger partial charge < -0.3 is 10.1 Å². The van der Waals surface area contributed by atoms with E-state index >= 15 is 0 Å². The van der Waals surface area contributed by atoms with Gasteiger partial charge in [0.05, 0.1) is 0 Å². The van der Waals surface area contributed by atoms with Crippen molar-refractivity contribution in [1.82, 2.24) is 5.32 Å². The zero-order valence-electron chi connectivity index (χ0n) is 13.3. The molecule has 114 valence electrons. The van der Waals surface area contributed by atoms with Gasteiger partial charge in [-0.1, -0.05) is 50.2 Å². The van der Waals surface area contributed by atoms with Gasteiger partial charge in [0, 0.05) is 19.3 Å². The van der Waals surface area contributed by atoms with Gasteiger partial charge in [0.1, 0.15) is 0 Å². The molecule has 2 aromatic carbocycles. The van der Waals surface area contributed by atoms with E-state index < -0.39 is 0 Å². The second-order valence-electron chi connectivity index (χ2n) is 5.51. The van der Waals surface area contributed by atoms with Crippen LogP contribution in [-0.2, 0) is 4.74 Å². The lowest BCUT2D eigenvalue weighted by Gasteiger charge is -2.19. The molecule has 0 amide bonds. The molecule has 0 saturated carbocycles. The summed E-state index contributed by atoms with van der Waals surface area (Å²) in [7, 11) is 0. The molecular formula is C19H27NO. The highest BCUT2D eigenvalue weighted by atomic mass is 16.5. The Bertz CT molecular complexity index is 538. The summed E-state index contributed by atoms with van der Waals surface area (Å²) < 4.78 is 5.66. The van der Waals surface area contributed by atoms with Crippen molar-refractivity contribution >= 4 is 10.8 Å². The number of rotatable bonds is 9. The predicted octanol–water partition coefficient (Wildman–Crippen LogP) is 4.70. The maximum absolute atomic E-state index is 5.66. The van der Waals surface area contributed by atoms with Crippen molar-refractivity contribution in [1.29, 1.82) is 0 Å². The summed E-state index contributed by atoms with van der Waals surface area (Å²) in [6, 6.07) is 15.7. The van der Waals surface area contributed by atoms with Gasteiger partial charge in [-0.05, 0) is 48.2 Å². The topological polar surface area (TPSA) is 21.3 Å². The van der Waals surface area contributed by atoms with Crippen LogP contribution in [0.15, 0.2) is 42.5 Å². The van der Waals surface area contributed by atoms with Crippen LogP contribution in [0.3, 0.4) is 0 Å². The summed E-state index contributed by atoms with van der Waals surface area (Å²) >= 11 is 0. The third-order valence-corrected chi connectivity index (χ3v) is 3.72. The molecule has 2 heteroatoms. The SMILES string of the molecule is CCCNC(CCOCCC)c1ccc2ccccc2c1. The first-order valence-electron chi connectivity index (χ1n) is 8.15. The van der Waals surface area contributed by atoms with E-state index in [9.17, 15) is 0 Å². The minimum Gasteiger partial charge on any atom is -0.381 e. The van der Waals surface area contributed by atoms with E-state index in [1.165, 1.54) is 16.3 Å². The van der Waals surface area contributed by atoms with Crippen molar-refractivity contribution in [2.75, 3.05) is 19.8 Å². The molecule has 21 heavy (non-hydrogen) atoms. The summed E-state index contributed by atoms with van der Waals surface area (Å²) in [6.07, 6.45) is 3.27. The summed E-state index contributed by atoms with van der Waals surface area (Å²) in [5.41, 5.74) is 1.36. The Morgan fingerprint density at radius 1 is 0.952 bits per heavy atom. The Kier molecular flexibility index (Phi) is 6.71. The molecule has 0 fully saturated rings. The molecule has 2 nitrogen and oxygen atoms in total. The van der Waals surface area contributed by atoms with Gasteiger partial charge in [-0.15, -0.1) is 0 Å². The number of nitrogens with one attached hydrogen (secondary N) is 1. The van der Waals surface area contributed by atoms with Crippen LogP contribution < -0.4 is 5.32 Å². The molecule has 0 radical (unpaired) electrons. The first-order chi connectivity index (χ1) is 10.3. The fraction of sp³-hybridized carbons (Fsp3) is 0.474. The van der Waals surface area contributed by atoms with E-state index in [1.54, 1.807) is 0 Å². The monoisotopic (exact) mass is 285 g/mol.